The number of nitrogens with zero attached hydrogens (tertiary/aromatic N) is 2. The molecule has 0 saturated carbocycles. The number of anilines is 1. The largest absolute Gasteiger partial charge is 0.495 e. The first kappa shape index (κ1) is 16.0. The summed E-state index contributed by atoms with van der Waals surface area (Å²) in [6, 6.07) is 5.42. The number of hydrogen-bond donors (Lipinski definition) is 1. The molecule has 0 unspecified atom stereocenters. The normalized spacial score (nSPS) is 11.5. The van der Waals surface area contributed by atoms with Crippen molar-refractivity contribution in [2.75, 3.05) is 12.8 Å². The predicted octanol–water partition coefficient (Wildman–Crippen LogP) is 4.45. The molecule has 0 radical (unpaired) electrons. The zero-order chi connectivity index (χ0) is 15.8. The van der Waals surface area contributed by atoms with Crippen molar-refractivity contribution in [3.63, 3.8) is 0 Å². The maximum Gasteiger partial charge on any atom is 0.161 e. The van der Waals surface area contributed by atoms with Crippen molar-refractivity contribution < 1.29 is 4.74 Å². The van der Waals surface area contributed by atoms with Gasteiger partial charge in [0.2, 0.25) is 0 Å². The quantitative estimate of drug-likeness (QED) is 0.848. The number of benzene rings is 1. The second-order valence-electron chi connectivity index (χ2n) is 5.69. The maximum atomic E-state index is 6.16. The Hall–Kier alpha value is -1.33. The average molecular weight is 371 g/mol. The molecule has 0 aliphatic rings. The van der Waals surface area contributed by atoms with Crippen LogP contribution < -0.4 is 10.5 Å². The van der Waals surface area contributed by atoms with Crippen LogP contribution >= 0.6 is 27.5 Å². The zero-order valence-corrected chi connectivity index (χ0v) is 14.7. The molecule has 0 amide bonds. The molecule has 0 fully saturated rings. The van der Waals surface area contributed by atoms with E-state index in [1.807, 2.05) is 6.07 Å². The molecule has 0 aliphatic carbocycles. The van der Waals surface area contributed by atoms with Crippen LogP contribution in [0.5, 0.6) is 5.75 Å². The maximum absolute atomic E-state index is 6.16. The molecule has 6 heteroatoms. The number of nitrogen functional groups attached to an aromatic ring is 1. The molecule has 21 heavy (non-hydrogen) atoms. The van der Waals surface area contributed by atoms with Crippen LogP contribution in [0.15, 0.2) is 22.7 Å². The van der Waals surface area contributed by atoms with Gasteiger partial charge in [0.25, 0.3) is 0 Å². The summed E-state index contributed by atoms with van der Waals surface area (Å²) in [6.45, 7) is 6.22. The van der Waals surface area contributed by atoms with Crippen LogP contribution in [-0.2, 0) is 5.41 Å². The molecule has 0 bridgehead atoms. The summed E-state index contributed by atoms with van der Waals surface area (Å²) in [6.07, 6.45) is 0. The lowest BCUT2D eigenvalue weighted by Crippen LogP contribution is -2.17. The summed E-state index contributed by atoms with van der Waals surface area (Å²) in [7, 11) is 1.58. The number of hydrogen-bond acceptors (Lipinski definition) is 4. The monoisotopic (exact) mass is 369 g/mol. The lowest BCUT2D eigenvalue weighted by Gasteiger charge is -2.21. The Morgan fingerprint density at radius 2 is 1.90 bits per heavy atom. The lowest BCUT2D eigenvalue weighted by atomic mass is 9.91. The van der Waals surface area contributed by atoms with Gasteiger partial charge in [0.15, 0.2) is 5.82 Å². The predicted molar refractivity (Wildman–Crippen MR) is 89.8 cm³/mol. The van der Waals surface area contributed by atoms with Crippen molar-refractivity contribution in [1.82, 2.24) is 9.97 Å². The zero-order valence-electron chi connectivity index (χ0n) is 12.4. The fourth-order valence-electron chi connectivity index (χ4n) is 1.90. The van der Waals surface area contributed by atoms with Gasteiger partial charge < -0.3 is 10.5 Å². The fourth-order valence-corrected chi connectivity index (χ4v) is 2.93. The molecule has 0 saturated heterocycles. The van der Waals surface area contributed by atoms with Gasteiger partial charge in [-0.25, -0.2) is 9.97 Å². The summed E-state index contributed by atoms with van der Waals surface area (Å²) < 4.78 is 5.89. The summed E-state index contributed by atoms with van der Waals surface area (Å²) in [4.78, 5) is 8.97. The number of methoxy groups -OCH3 is 1. The van der Waals surface area contributed by atoms with E-state index < -0.39 is 0 Å². The highest BCUT2D eigenvalue weighted by atomic mass is 79.9. The van der Waals surface area contributed by atoms with Gasteiger partial charge in [-0.1, -0.05) is 32.4 Å². The van der Waals surface area contributed by atoms with Crippen LogP contribution in [0.3, 0.4) is 0 Å². The Balaban J connectivity index is 2.60. The minimum absolute atomic E-state index is 0.152. The Morgan fingerprint density at radius 1 is 1.24 bits per heavy atom. The van der Waals surface area contributed by atoms with E-state index in [1.54, 1.807) is 19.2 Å². The van der Waals surface area contributed by atoms with Crippen LogP contribution in [0, 0.1) is 0 Å². The van der Waals surface area contributed by atoms with Crippen molar-refractivity contribution in [2.45, 2.75) is 26.2 Å². The molecular weight excluding hydrogens is 354 g/mol. The summed E-state index contributed by atoms with van der Waals surface area (Å²) >= 11 is 9.62. The number of aromatic nitrogens is 2. The van der Waals surface area contributed by atoms with E-state index in [9.17, 15) is 0 Å². The van der Waals surface area contributed by atoms with Crippen LogP contribution in [0.25, 0.3) is 11.4 Å². The van der Waals surface area contributed by atoms with E-state index in [-0.39, 0.29) is 5.41 Å². The van der Waals surface area contributed by atoms with E-state index in [4.69, 9.17) is 22.1 Å². The second-order valence-corrected chi connectivity index (χ2v) is 6.89. The summed E-state index contributed by atoms with van der Waals surface area (Å²) in [5.41, 5.74) is 7.50. The van der Waals surface area contributed by atoms with Crippen LogP contribution in [0.2, 0.25) is 5.02 Å². The highest BCUT2D eigenvalue weighted by Crippen LogP contribution is 2.34. The molecule has 2 aromatic rings. The third kappa shape index (κ3) is 3.30. The minimum atomic E-state index is -0.152. The average Bonchev–Trinajstić information content (AvgIpc) is 2.40. The molecule has 0 atom stereocenters. The van der Waals surface area contributed by atoms with Gasteiger partial charge in [-0.05, 0) is 34.1 Å². The molecule has 112 valence electrons. The third-order valence-electron chi connectivity index (χ3n) is 3.00. The van der Waals surface area contributed by atoms with Gasteiger partial charge in [0.1, 0.15) is 11.6 Å². The fraction of sp³-hybridized carbons (Fsp3) is 0.333. The minimum Gasteiger partial charge on any atom is -0.495 e. The SMILES string of the molecule is COc1ccc(-c2nc(N)c(Br)c(C(C)(C)C)n2)cc1Cl. The van der Waals surface area contributed by atoms with Crippen LogP contribution in [-0.4, -0.2) is 17.1 Å². The van der Waals surface area contributed by atoms with E-state index in [2.05, 4.69) is 46.7 Å². The van der Waals surface area contributed by atoms with Gasteiger partial charge in [0, 0.05) is 11.0 Å². The standard InChI is InChI=1S/C15H17BrClN3O/c1-15(2,3)12-11(16)13(18)20-14(19-12)8-5-6-10(21-4)9(17)7-8/h5-7H,1-4H3,(H2,18,19,20). The molecule has 2 rings (SSSR count). The first-order valence-corrected chi connectivity index (χ1v) is 7.58. The highest BCUT2D eigenvalue weighted by Gasteiger charge is 2.23. The summed E-state index contributed by atoms with van der Waals surface area (Å²) in [5, 5.41) is 0.511. The molecule has 0 aliphatic heterocycles. The van der Waals surface area contributed by atoms with Crippen molar-refractivity contribution >= 4 is 33.3 Å². The number of ether oxygens (including phenoxy) is 1. The van der Waals surface area contributed by atoms with Gasteiger partial charge >= 0.3 is 0 Å². The van der Waals surface area contributed by atoms with Gasteiger partial charge in [-0.2, -0.15) is 0 Å². The smallest absolute Gasteiger partial charge is 0.161 e. The topological polar surface area (TPSA) is 61.0 Å². The van der Waals surface area contributed by atoms with Gasteiger partial charge in [-0.3, -0.25) is 0 Å². The van der Waals surface area contributed by atoms with Gasteiger partial charge in [0.05, 0.1) is 22.3 Å². The van der Waals surface area contributed by atoms with Crippen molar-refractivity contribution in [3.05, 3.63) is 33.4 Å². The number of rotatable bonds is 2. The van der Waals surface area contributed by atoms with Crippen LogP contribution in [0.4, 0.5) is 5.82 Å². The summed E-state index contributed by atoms with van der Waals surface area (Å²) in [5.74, 6) is 1.57. The van der Waals surface area contributed by atoms with E-state index in [0.29, 0.717) is 22.4 Å². The highest BCUT2D eigenvalue weighted by molar-refractivity contribution is 9.10. The first-order valence-electron chi connectivity index (χ1n) is 6.41. The molecule has 2 N–H and O–H groups in total. The molecule has 4 nitrogen and oxygen atoms in total. The number of halogens is 2. The molecular formula is C15H17BrClN3O. The number of nitrogens with two attached hydrogens (primary N) is 1. The Labute approximate surface area is 137 Å². The molecule has 1 aromatic carbocycles. The molecule has 0 spiro atoms. The third-order valence-corrected chi connectivity index (χ3v) is 4.07. The van der Waals surface area contributed by atoms with Crippen molar-refractivity contribution in [1.29, 1.82) is 0 Å². The van der Waals surface area contributed by atoms with Crippen LogP contribution in [0.1, 0.15) is 26.5 Å². The van der Waals surface area contributed by atoms with Gasteiger partial charge in [-0.15, -0.1) is 0 Å². The van der Waals surface area contributed by atoms with Crippen molar-refractivity contribution in [3.8, 4) is 17.1 Å². The Kier molecular flexibility index (Phi) is 4.44. The lowest BCUT2D eigenvalue weighted by molar-refractivity contribution is 0.415. The molecule has 1 heterocycles. The van der Waals surface area contributed by atoms with E-state index >= 15 is 0 Å². The second kappa shape index (κ2) is 5.81. The van der Waals surface area contributed by atoms with E-state index in [1.165, 1.54) is 0 Å². The van der Waals surface area contributed by atoms with E-state index in [0.717, 1.165) is 15.7 Å². The first-order chi connectivity index (χ1) is 9.74. The molecule has 1 aromatic heterocycles. The van der Waals surface area contributed by atoms with Crippen molar-refractivity contribution in [2.24, 2.45) is 0 Å². The Bertz CT molecular complexity index is 683. The Morgan fingerprint density at radius 3 is 2.43 bits per heavy atom.